The van der Waals surface area contributed by atoms with E-state index in [1.807, 2.05) is 35.1 Å². The zero-order valence-corrected chi connectivity index (χ0v) is 11.8. The lowest BCUT2D eigenvalue weighted by Crippen LogP contribution is -2.02. The number of fused-ring (bicyclic) bond motifs is 1. The molecule has 0 saturated heterocycles. The van der Waals surface area contributed by atoms with Crippen LogP contribution in [0.4, 0.5) is 0 Å². The second-order valence-electron chi connectivity index (χ2n) is 4.70. The summed E-state index contributed by atoms with van der Waals surface area (Å²) in [5.74, 6) is 0.652. The summed E-state index contributed by atoms with van der Waals surface area (Å²) in [7, 11) is 0. The average Bonchev–Trinajstić information content (AvgIpc) is 2.92. The van der Waals surface area contributed by atoms with Crippen molar-refractivity contribution in [2.75, 3.05) is 5.88 Å². The SMILES string of the molecule is ClCCCc1cn(Cc2ccc3ccccc3n2)nn1. The molecule has 3 aromatic rings. The van der Waals surface area contributed by atoms with E-state index >= 15 is 0 Å². The van der Waals surface area contributed by atoms with Crippen LogP contribution in [0.5, 0.6) is 0 Å². The van der Waals surface area contributed by atoms with Crippen molar-refractivity contribution < 1.29 is 0 Å². The number of hydrogen-bond acceptors (Lipinski definition) is 3. The van der Waals surface area contributed by atoms with Gasteiger partial charge in [0, 0.05) is 17.5 Å². The first-order valence-electron chi connectivity index (χ1n) is 6.65. The molecule has 3 rings (SSSR count). The van der Waals surface area contributed by atoms with Crippen molar-refractivity contribution in [1.29, 1.82) is 0 Å². The molecule has 0 bridgehead atoms. The summed E-state index contributed by atoms with van der Waals surface area (Å²) in [5, 5.41) is 9.42. The Morgan fingerprint density at radius 1 is 1.05 bits per heavy atom. The second-order valence-corrected chi connectivity index (χ2v) is 5.07. The molecule has 2 aromatic heterocycles. The predicted molar refractivity (Wildman–Crippen MR) is 79.9 cm³/mol. The van der Waals surface area contributed by atoms with Crippen LogP contribution in [0.2, 0.25) is 0 Å². The number of aromatic nitrogens is 4. The maximum Gasteiger partial charge on any atom is 0.0849 e. The van der Waals surface area contributed by atoms with Gasteiger partial charge in [0.1, 0.15) is 0 Å². The lowest BCUT2D eigenvalue weighted by Gasteiger charge is -2.02. The summed E-state index contributed by atoms with van der Waals surface area (Å²) >= 11 is 5.68. The van der Waals surface area contributed by atoms with E-state index in [4.69, 9.17) is 11.6 Å². The molecule has 1 aromatic carbocycles. The minimum Gasteiger partial charge on any atom is -0.251 e. The fraction of sp³-hybridized carbons (Fsp3) is 0.267. The number of halogens is 1. The monoisotopic (exact) mass is 286 g/mol. The van der Waals surface area contributed by atoms with Crippen LogP contribution in [0, 0.1) is 0 Å². The molecule has 0 atom stereocenters. The quantitative estimate of drug-likeness (QED) is 0.677. The van der Waals surface area contributed by atoms with Crippen molar-refractivity contribution in [3.63, 3.8) is 0 Å². The van der Waals surface area contributed by atoms with Gasteiger partial charge >= 0.3 is 0 Å². The van der Waals surface area contributed by atoms with E-state index in [1.165, 1.54) is 0 Å². The van der Waals surface area contributed by atoms with Crippen molar-refractivity contribution in [2.24, 2.45) is 0 Å². The van der Waals surface area contributed by atoms with Crippen LogP contribution < -0.4 is 0 Å². The molecule has 5 heteroatoms. The zero-order valence-electron chi connectivity index (χ0n) is 11.0. The summed E-state index contributed by atoms with van der Waals surface area (Å²) in [6.45, 7) is 0.638. The Morgan fingerprint density at radius 3 is 2.85 bits per heavy atom. The Kier molecular flexibility index (Phi) is 3.92. The van der Waals surface area contributed by atoms with Gasteiger partial charge in [0.25, 0.3) is 0 Å². The summed E-state index contributed by atoms with van der Waals surface area (Å²) in [6.07, 6.45) is 3.76. The van der Waals surface area contributed by atoms with Gasteiger partial charge in [-0.25, -0.2) is 4.68 Å². The van der Waals surface area contributed by atoms with Crippen LogP contribution in [0.15, 0.2) is 42.6 Å². The average molecular weight is 287 g/mol. The molecule has 0 N–H and O–H groups in total. The maximum absolute atomic E-state index is 5.68. The van der Waals surface area contributed by atoms with E-state index in [1.54, 1.807) is 0 Å². The Labute approximate surface area is 122 Å². The van der Waals surface area contributed by atoms with Crippen LogP contribution in [0.1, 0.15) is 17.8 Å². The van der Waals surface area contributed by atoms with E-state index in [0.717, 1.165) is 35.1 Å². The van der Waals surface area contributed by atoms with Crippen molar-refractivity contribution in [3.05, 3.63) is 54.0 Å². The van der Waals surface area contributed by atoms with Gasteiger partial charge in [-0.1, -0.05) is 29.5 Å². The van der Waals surface area contributed by atoms with Crippen molar-refractivity contribution in [3.8, 4) is 0 Å². The molecule has 0 amide bonds. The second kappa shape index (κ2) is 6.01. The number of alkyl halides is 1. The Balaban J connectivity index is 1.76. The van der Waals surface area contributed by atoms with Gasteiger partial charge in [-0.15, -0.1) is 16.7 Å². The molecule has 102 valence electrons. The highest BCUT2D eigenvalue weighted by molar-refractivity contribution is 6.17. The first kappa shape index (κ1) is 13.1. The molecule has 0 aliphatic carbocycles. The van der Waals surface area contributed by atoms with Crippen LogP contribution in [0.3, 0.4) is 0 Å². The third kappa shape index (κ3) is 2.96. The molecule has 2 heterocycles. The van der Waals surface area contributed by atoms with Gasteiger partial charge in [0.15, 0.2) is 0 Å². The molecule has 0 radical (unpaired) electrons. The highest BCUT2D eigenvalue weighted by Crippen LogP contribution is 2.12. The zero-order chi connectivity index (χ0) is 13.8. The van der Waals surface area contributed by atoms with Gasteiger partial charge in [0.2, 0.25) is 0 Å². The standard InChI is InChI=1S/C15H15ClN4/c16-9-3-5-14-11-20(19-18-14)10-13-8-7-12-4-1-2-6-15(12)17-13/h1-2,4,6-8,11H,3,5,9-10H2. The number of rotatable bonds is 5. The van der Waals surface area contributed by atoms with Gasteiger partial charge < -0.3 is 0 Å². The first-order chi connectivity index (χ1) is 9.85. The normalized spacial score (nSPS) is 11.1. The fourth-order valence-electron chi connectivity index (χ4n) is 2.14. The highest BCUT2D eigenvalue weighted by atomic mass is 35.5. The Hall–Kier alpha value is -1.94. The number of nitrogens with zero attached hydrogens (tertiary/aromatic N) is 4. The highest BCUT2D eigenvalue weighted by Gasteiger charge is 2.03. The van der Waals surface area contributed by atoms with E-state index in [-0.39, 0.29) is 0 Å². The summed E-state index contributed by atoms with van der Waals surface area (Å²) in [6, 6.07) is 12.2. The number of benzene rings is 1. The van der Waals surface area contributed by atoms with Gasteiger partial charge in [0.05, 0.1) is 23.4 Å². The molecule has 0 unspecified atom stereocenters. The van der Waals surface area contributed by atoms with Gasteiger partial charge in [-0.3, -0.25) is 4.98 Å². The third-order valence-corrected chi connectivity index (χ3v) is 3.40. The van der Waals surface area contributed by atoms with E-state index in [2.05, 4.69) is 27.4 Å². The van der Waals surface area contributed by atoms with Crippen molar-refractivity contribution in [1.82, 2.24) is 20.0 Å². The summed E-state index contributed by atoms with van der Waals surface area (Å²) in [5.41, 5.74) is 2.97. The van der Waals surface area contributed by atoms with E-state index < -0.39 is 0 Å². The molecule has 4 nitrogen and oxygen atoms in total. The number of hydrogen-bond donors (Lipinski definition) is 0. The van der Waals surface area contributed by atoms with Gasteiger partial charge in [-0.2, -0.15) is 0 Å². The molecule has 0 saturated carbocycles. The predicted octanol–water partition coefficient (Wildman–Crippen LogP) is 3.05. The lowest BCUT2D eigenvalue weighted by atomic mass is 10.2. The topological polar surface area (TPSA) is 43.6 Å². The van der Waals surface area contributed by atoms with E-state index in [9.17, 15) is 0 Å². The van der Waals surface area contributed by atoms with Crippen LogP contribution in [-0.4, -0.2) is 25.9 Å². The third-order valence-electron chi connectivity index (χ3n) is 3.13. The fourth-order valence-corrected chi connectivity index (χ4v) is 2.27. The Bertz CT molecular complexity index is 708. The molecule has 20 heavy (non-hydrogen) atoms. The van der Waals surface area contributed by atoms with Crippen molar-refractivity contribution in [2.45, 2.75) is 19.4 Å². The number of para-hydroxylation sites is 1. The van der Waals surface area contributed by atoms with Crippen LogP contribution >= 0.6 is 11.6 Å². The molecule has 0 fully saturated rings. The minimum absolute atomic E-state index is 0.638. The largest absolute Gasteiger partial charge is 0.251 e. The summed E-state index contributed by atoms with van der Waals surface area (Å²) < 4.78 is 1.82. The van der Waals surface area contributed by atoms with Gasteiger partial charge in [-0.05, 0) is 25.0 Å². The van der Waals surface area contributed by atoms with Crippen LogP contribution in [0.25, 0.3) is 10.9 Å². The molecular weight excluding hydrogens is 272 g/mol. The molecule has 0 aliphatic rings. The Morgan fingerprint density at radius 2 is 1.95 bits per heavy atom. The maximum atomic E-state index is 5.68. The van der Waals surface area contributed by atoms with Crippen molar-refractivity contribution >= 4 is 22.5 Å². The molecular formula is C15H15ClN4. The lowest BCUT2D eigenvalue weighted by molar-refractivity contribution is 0.639. The number of aryl methyl sites for hydroxylation is 1. The van der Waals surface area contributed by atoms with E-state index in [0.29, 0.717) is 12.4 Å². The van der Waals surface area contributed by atoms with Crippen LogP contribution in [-0.2, 0) is 13.0 Å². The first-order valence-corrected chi connectivity index (χ1v) is 7.18. The molecule has 0 spiro atoms. The summed E-state index contributed by atoms with van der Waals surface area (Å²) in [4.78, 5) is 4.63. The number of pyridine rings is 1. The molecule has 0 aliphatic heterocycles. The smallest absolute Gasteiger partial charge is 0.0849 e. The minimum atomic E-state index is 0.638.